The lowest BCUT2D eigenvalue weighted by Crippen LogP contribution is -1.81. The minimum absolute atomic E-state index is 0.566. The van der Waals surface area contributed by atoms with Crippen LogP contribution in [0.5, 0.6) is 0 Å². The average molecular weight is 318 g/mol. The van der Waals surface area contributed by atoms with Gasteiger partial charge in [-0.1, -0.05) is 85.1 Å². The Morgan fingerprint density at radius 3 is 1.27 bits per heavy atom. The molecular formula is C18H10N2S2. The first-order valence-corrected chi connectivity index (χ1v) is 7.69. The first kappa shape index (κ1) is 13.4. The standard InChI is InChI=1S/C18H10N2S2/c21-17-13-14(16(20-17)12-9-5-2-6-10-12)18(22)19-15(13)11-7-3-1-4-8-11/h1-10H. The lowest BCUT2D eigenvalue weighted by Gasteiger charge is -1.95. The van der Waals surface area contributed by atoms with Gasteiger partial charge in [-0.3, -0.25) is 0 Å². The molecule has 0 unspecified atom stereocenters. The Hall–Kier alpha value is -2.30. The minimum atomic E-state index is 0.566. The Morgan fingerprint density at radius 1 is 0.545 bits per heavy atom. The molecule has 2 aromatic carbocycles. The third kappa shape index (κ3) is 2.00. The molecule has 22 heavy (non-hydrogen) atoms. The van der Waals surface area contributed by atoms with E-state index in [1.807, 2.05) is 60.7 Å². The van der Waals surface area contributed by atoms with Gasteiger partial charge in [0, 0.05) is 11.1 Å². The molecule has 2 heterocycles. The lowest BCUT2D eigenvalue weighted by molar-refractivity contribution is 1.29. The van der Waals surface area contributed by atoms with Gasteiger partial charge in [0.1, 0.15) is 9.28 Å². The van der Waals surface area contributed by atoms with E-state index in [0.717, 1.165) is 33.0 Å². The summed E-state index contributed by atoms with van der Waals surface area (Å²) in [5.41, 5.74) is 3.70. The summed E-state index contributed by atoms with van der Waals surface area (Å²) in [6.07, 6.45) is 0. The fraction of sp³-hybridized carbons (Fsp3) is 0. The largest absolute Gasteiger partial charge is 0.235 e. The van der Waals surface area contributed by atoms with Gasteiger partial charge in [-0.15, -0.1) is 0 Å². The van der Waals surface area contributed by atoms with Crippen LogP contribution >= 0.6 is 24.4 Å². The van der Waals surface area contributed by atoms with Crippen molar-refractivity contribution >= 4 is 24.4 Å². The van der Waals surface area contributed by atoms with Crippen molar-refractivity contribution in [2.75, 3.05) is 0 Å². The average Bonchev–Trinajstić information content (AvgIpc) is 3.09. The van der Waals surface area contributed by atoms with Crippen molar-refractivity contribution in [3.05, 3.63) is 80.4 Å². The molecule has 2 nitrogen and oxygen atoms in total. The maximum Gasteiger partial charge on any atom is 0.137 e. The maximum atomic E-state index is 5.48. The number of hydrogen-bond donors (Lipinski definition) is 0. The smallest absolute Gasteiger partial charge is 0.137 e. The molecule has 0 atom stereocenters. The van der Waals surface area contributed by atoms with Gasteiger partial charge < -0.3 is 0 Å². The summed E-state index contributed by atoms with van der Waals surface area (Å²) >= 11 is 11.0. The minimum Gasteiger partial charge on any atom is -0.235 e. The Balaban J connectivity index is 2.12. The molecule has 0 aromatic heterocycles. The van der Waals surface area contributed by atoms with Crippen LogP contribution in [-0.2, 0) is 0 Å². The zero-order chi connectivity index (χ0) is 15.1. The molecule has 4 rings (SSSR count). The molecule has 0 amide bonds. The first-order valence-electron chi connectivity index (χ1n) is 6.87. The number of rotatable bonds is 2. The summed E-state index contributed by atoms with van der Waals surface area (Å²) < 4.78 is 1.13. The summed E-state index contributed by atoms with van der Waals surface area (Å²) in [6, 6.07) is 19.9. The molecule has 0 radical (unpaired) electrons. The highest BCUT2D eigenvalue weighted by Crippen LogP contribution is 2.28. The normalized spacial score (nSPS) is 11.1. The van der Waals surface area contributed by atoms with E-state index in [1.54, 1.807) is 0 Å². The number of aromatic nitrogens is 2. The molecule has 2 aliphatic rings. The molecular weight excluding hydrogens is 308 g/mol. The predicted octanol–water partition coefficient (Wildman–Crippen LogP) is 4.87. The quantitative estimate of drug-likeness (QED) is 0.492. The molecule has 0 spiro atoms. The van der Waals surface area contributed by atoms with Crippen LogP contribution in [0.15, 0.2) is 60.7 Å². The second kappa shape index (κ2) is 5.16. The van der Waals surface area contributed by atoms with Crippen LogP contribution in [0.25, 0.3) is 22.5 Å². The molecule has 104 valence electrons. The van der Waals surface area contributed by atoms with Gasteiger partial charge in [-0.25, -0.2) is 9.97 Å². The van der Waals surface area contributed by atoms with Crippen molar-refractivity contribution in [1.82, 2.24) is 9.97 Å². The summed E-state index contributed by atoms with van der Waals surface area (Å²) in [5, 5.41) is 1.79. The number of hydrogen-bond acceptors (Lipinski definition) is 4. The Kier molecular flexibility index (Phi) is 3.13. The molecule has 2 aromatic rings. The van der Waals surface area contributed by atoms with E-state index < -0.39 is 0 Å². The second-order valence-corrected chi connectivity index (χ2v) is 5.79. The third-order valence-corrected chi connectivity index (χ3v) is 4.26. The Bertz CT molecular complexity index is 1010. The predicted molar refractivity (Wildman–Crippen MR) is 92.2 cm³/mol. The molecule has 0 bridgehead atoms. The van der Waals surface area contributed by atoms with Crippen molar-refractivity contribution < 1.29 is 0 Å². The van der Waals surface area contributed by atoms with E-state index >= 15 is 0 Å². The van der Waals surface area contributed by atoms with Gasteiger partial charge in [0.25, 0.3) is 0 Å². The highest BCUT2D eigenvalue weighted by atomic mass is 32.1. The van der Waals surface area contributed by atoms with Crippen LogP contribution in [-0.4, -0.2) is 9.97 Å². The first-order chi connectivity index (χ1) is 10.8. The van der Waals surface area contributed by atoms with Crippen molar-refractivity contribution in [3.8, 4) is 22.5 Å². The molecule has 0 N–H and O–H groups in total. The van der Waals surface area contributed by atoms with Gasteiger partial charge in [0.2, 0.25) is 0 Å². The molecule has 0 fully saturated rings. The second-order valence-electron chi connectivity index (χ2n) is 5.01. The van der Waals surface area contributed by atoms with Crippen LogP contribution in [0.1, 0.15) is 0 Å². The maximum absolute atomic E-state index is 5.48. The topological polar surface area (TPSA) is 25.8 Å². The fourth-order valence-electron chi connectivity index (χ4n) is 2.69. The fourth-order valence-corrected chi connectivity index (χ4v) is 3.27. The van der Waals surface area contributed by atoms with Crippen LogP contribution < -0.4 is 0 Å². The Morgan fingerprint density at radius 2 is 0.909 bits per heavy atom. The monoisotopic (exact) mass is 318 g/mol. The van der Waals surface area contributed by atoms with Crippen molar-refractivity contribution in [2.24, 2.45) is 0 Å². The summed E-state index contributed by atoms with van der Waals surface area (Å²) in [5.74, 6) is 0. The van der Waals surface area contributed by atoms with E-state index in [4.69, 9.17) is 24.4 Å². The summed E-state index contributed by atoms with van der Waals surface area (Å²) in [7, 11) is 0. The van der Waals surface area contributed by atoms with Gasteiger partial charge in [-0.05, 0) is 0 Å². The molecule has 0 saturated carbocycles. The van der Waals surface area contributed by atoms with E-state index in [1.165, 1.54) is 0 Å². The summed E-state index contributed by atoms with van der Waals surface area (Å²) in [6.45, 7) is 0. The van der Waals surface area contributed by atoms with Crippen LogP contribution in [0, 0.1) is 19.7 Å². The SMILES string of the molecule is S=c1nc(-c2ccccc2)c2c(=S)nc(-c3ccccc3)c1=2. The zero-order valence-electron chi connectivity index (χ0n) is 11.5. The highest BCUT2D eigenvalue weighted by molar-refractivity contribution is 7.71. The van der Waals surface area contributed by atoms with Crippen molar-refractivity contribution in [3.63, 3.8) is 0 Å². The van der Waals surface area contributed by atoms with E-state index in [9.17, 15) is 0 Å². The lowest BCUT2D eigenvalue weighted by atomic mass is 10.1. The van der Waals surface area contributed by atoms with Gasteiger partial charge in [0.15, 0.2) is 0 Å². The van der Waals surface area contributed by atoms with E-state index in [0.29, 0.717) is 9.28 Å². The van der Waals surface area contributed by atoms with E-state index in [2.05, 4.69) is 9.97 Å². The number of benzene rings is 2. The third-order valence-electron chi connectivity index (χ3n) is 3.67. The van der Waals surface area contributed by atoms with Gasteiger partial charge in [0.05, 0.1) is 21.8 Å². The van der Waals surface area contributed by atoms with Crippen molar-refractivity contribution in [2.45, 2.75) is 0 Å². The van der Waals surface area contributed by atoms with Crippen molar-refractivity contribution in [1.29, 1.82) is 0 Å². The van der Waals surface area contributed by atoms with Crippen LogP contribution in [0.2, 0.25) is 0 Å². The Labute approximate surface area is 137 Å². The molecule has 2 aliphatic heterocycles. The van der Waals surface area contributed by atoms with Gasteiger partial charge >= 0.3 is 0 Å². The molecule has 0 saturated heterocycles. The van der Waals surface area contributed by atoms with Gasteiger partial charge in [-0.2, -0.15) is 0 Å². The molecule has 4 heteroatoms. The van der Waals surface area contributed by atoms with Crippen LogP contribution in [0.4, 0.5) is 0 Å². The van der Waals surface area contributed by atoms with Crippen LogP contribution in [0.3, 0.4) is 0 Å². The number of nitrogens with zero attached hydrogens (tertiary/aromatic N) is 2. The summed E-state index contributed by atoms with van der Waals surface area (Å²) in [4.78, 5) is 9.15. The van der Waals surface area contributed by atoms with E-state index in [-0.39, 0.29) is 0 Å². The zero-order valence-corrected chi connectivity index (χ0v) is 13.1. The molecule has 0 aliphatic carbocycles. The highest BCUT2D eigenvalue weighted by Gasteiger charge is 2.15.